The summed E-state index contributed by atoms with van der Waals surface area (Å²) in [4.78, 5) is 52.6. The molecule has 1 saturated heterocycles. The fourth-order valence-electron chi connectivity index (χ4n) is 7.29. The lowest BCUT2D eigenvalue weighted by Gasteiger charge is -2.34. The van der Waals surface area contributed by atoms with Crippen LogP contribution in [0.15, 0.2) is 60.8 Å². The largest absolute Gasteiger partial charge is 0.492 e. The Morgan fingerprint density at radius 3 is 2.27 bits per heavy atom. The number of rotatable bonds is 15. The second-order valence-electron chi connectivity index (χ2n) is 14.3. The molecule has 11 nitrogen and oxygen atoms in total. The number of amides is 1. The van der Waals surface area contributed by atoms with Crippen LogP contribution in [-0.2, 0) is 16.1 Å². The van der Waals surface area contributed by atoms with E-state index in [9.17, 15) is 14.4 Å². The minimum Gasteiger partial charge on any atom is -0.492 e. The van der Waals surface area contributed by atoms with Gasteiger partial charge in [0.2, 0.25) is 5.95 Å². The van der Waals surface area contributed by atoms with Crippen molar-refractivity contribution in [1.29, 1.82) is 0 Å². The molecule has 1 atom stereocenters. The number of nitrogens with zero attached hydrogens (tertiary/aromatic N) is 6. The van der Waals surface area contributed by atoms with Gasteiger partial charge in [-0.15, -0.1) is 0 Å². The van der Waals surface area contributed by atoms with Gasteiger partial charge in [0.05, 0.1) is 0 Å². The predicted molar refractivity (Wildman–Crippen MR) is 200 cm³/mol. The van der Waals surface area contributed by atoms with Crippen molar-refractivity contribution in [3.05, 3.63) is 77.6 Å². The van der Waals surface area contributed by atoms with Gasteiger partial charge < -0.3 is 24.3 Å². The monoisotopic (exact) mass is 693 g/mol. The molecule has 3 heterocycles. The molecule has 4 aromatic rings. The van der Waals surface area contributed by atoms with Crippen molar-refractivity contribution in [2.45, 2.75) is 70.9 Å². The number of ether oxygens (including phenoxy) is 1. The molecule has 270 valence electrons. The molecule has 1 aliphatic heterocycles. The van der Waals surface area contributed by atoms with E-state index in [0.717, 1.165) is 93.0 Å². The summed E-state index contributed by atoms with van der Waals surface area (Å²) in [5.74, 6) is 1.31. The Bertz CT molecular complexity index is 1810. The van der Waals surface area contributed by atoms with Crippen LogP contribution in [-0.4, -0.2) is 100 Å². The first kappa shape index (κ1) is 36.2. The summed E-state index contributed by atoms with van der Waals surface area (Å²) in [6.45, 7) is 9.50. The molecule has 1 unspecified atom stereocenters. The molecule has 1 amide bonds. The average molecular weight is 694 g/mol. The molecule has 1 N–H and O–H groups in total. The molecule has 2 aromatic heterocycles. The van der Waals surface area contributed by atoms with Crippen molar-refractivity contribution >= 4 is 40.1 Å². The maximum atomic E-state index is 13.0. The van der Waals surface area contributed by atoms with E-state index in [1.807, 2.05) is 42.5 Å². The summed E-state index contributed by atoms with van der Waals surface area (Å²) in [6, 6.07) is 18.4. The van der Waals surface area contributed by atoms with Gasteiger partial charge >= 0.3 is 0 Å². The smallest absolute Gasteiger partial charge is 0.270 e. The highest BCUT2D eigenvalue weighted by atomic mass is 16.5. The third kappa shape index (κ3) is 9.20. The maximum absolute atomic E-state index is 13.0. The highest BCUT2D eigenvalue weighted by molar-refractivity contribution is 5.98. The lowest BCUT2D eigenvalue weighted by atomic mass is 9.89. The van der Waals surface area contributed by atoms with Crippen molar-refractivity contribution in [2.24, 2.45) is 0 Å². The van der Waals surface area contributed by atoms with Crippen molar-refractivity contribution in [1.82, 2.24) is 29.2 Å². The number of fused-ring (bicyclic) bond motifs is 1. The van der Waals surface area contributed by atoms with Crippen LogP contribution in [0.25, 0.3) is 11.0 Å². The molecule has 2 fully saturated rings. The summed E-state index contributed by atoms with van der Waals surface area (Å²) >= 11 is 0. The number of Topliss-reactive ketones (excluding diaryl/α,β-unsaturated/α-hetero) is 2. The lowest BCUT2D eigenvalue weighted by Crippen LogP contribution is -2.47. The summed E-state index contributed by atoms with van der Waals surface area (Å²) in [5, 5.41) is 4.20. The van der Waals surface area contributed by atoms with Gasteiger partial charge in [0.15, 0.2) is 0 Å². The van der Waals surface area contributed by atoms with Gasteiger partial charge in [-0.2, -0.15) is 4.98 Å². The van der Waals surface area contributed by atoms with Crippen LogP contribution < -0.4 is 10.1 Å². The fraction of sp³-hybridized carbons (Fsp3) is 0.475. The van der Waals surface area contributed by atoms with Gasteiger partial charge in [0.25, 0.3) is 5.91 Å². The Morgan fingerprint density at radius 1 is 0.941 bits per heavy atom. The summed E-state index contributed by atoms with van der Waals surface area (Å²) < 4.78 is 8.22. The summed E-state index contributed by atoms with van der Waals surface area (Å²) in [6.07, 6.45) is 7.22. The highest BCUT2D eigenvalue weighted by Gasteiger charge is 2.27. The first-order valence-electron chi connectivity index (χ1n) is 18.3. The standard InChI is InChI=1S/C40H51N7O4/c1-28(48)9-18-36(29(2)49)31-12-10-30(11-13-31)27-46-21-19-45(20-22-46)23-24-51-35-16-14-33(15-17-35)42-40-41-26-32-25-37(39(50)44(3)4)47(38(32)43-40)34-7-5-6-8-34/h10-17,25-26,34,36H,5-9,18-24,27H2,1-4H3,(H,41,42,43). The predicted octanol–water partition coefficient (Wildman–Crippen LogP) is 6.23. The van der Waals surface area contributed by atoms with Gasteiger partial charge in [0.1, 0.15) is 35.3 Å². The van der Waals surface area contributed by atoms with Gasteiger partial charge in [0, 0.05) is 89.0 Å². The normalized spacial score (nSPS) is 16.3. The Hall–Kier alpha value is -4.61. The first-order valence-corrected chi connectivity index (χ1v) is 18.3. The van der Waals surface area contributed by atoms with Crippen molar-refractivity contribution in [2.75, 3.05) is 58.7 Å². The Labute approximate surface area is 301 Å². The second-order valence-corrected chi connectivity index (χ2v) is 14.3. The number of aromatic nitrogens is 3. The van der Waals surface area contributed by atoms with Gasteiger partial charge in [-0.05, 0) is 74.6 Å². The Morgan fingerprint density at radius 2 is 1.63 bits per heavy atom. The van der Waals surface area contributed by atoms with Crippen LogP contribution >= 0.6 is 0 Å². The molecule has 0 spiro atoms. The third-order valence-electron chi connectivity index (χ3n) is 10.2. The number of hydrogen-bond donors (Lipinski definition) is 1. The molecule has 51 heavy (non-hydrogen) atoms. The number of ketones is 2. The number of hydrogen-bond acceptors (Lipinski definition) is 9. The highest BCUT2D eigenvalue weighted by Crippen LogP contribution is 2.35. The molecular formula is C40H51N7O4. The topological polar surface area (TPSA) is 113 Å². The zero-order valence-corrected chi connectivity index (χ0v) is 30.4. The molecule has 11 heteroatoms. The Kier molecular flexibility index (Phi) is 11.8. The van der Waals surface area contributed by atoms with E-state index in [4.69, 9.17) is 9.72 Å². The molecule has 1 saturated carbocycles. The zero-order valence-electron chi connectivity index (χ0n) is 30.4. The third-order valence-corrected chi connectivity index (χ3v) is 10.2. The number of benzene rings is 2. The molecule has 2 aliphatic rings. The minimum atomic E-state index is -0.213. The van der Waals surface area contributed by atoms with Crippen LogP contribution in [0.3, 0.4) is 0 Å². The minimum absolute atomic E-state index is 0.0182. The molecular weight excluding hydrogens is 642 g/mol. The second kappa shape index (κ2) is 16.6. The van der Waals surface area contributed by atoms with Gasteiger partial charge in [-0.1, -0.05) is 37.1 Å². The summed E-state index contributed by atoms with van der Waals surface area (Å²) in [5.41, 5.74) is 4.56. The van der Waals surface area contributed by atoms with Crippen LogP contribution in [0.4, 0.5) is 11.6 Å². The van der Waals surface area contributed by atoms with Gasteiger partial charge in [-0.25, -0.2) is 4.98 Å². The van der Waals surface area contributed by atoms with E-state index in [1.165, 1.54) is 5.56 Å². The van der Waals surface area contributed by atoms with Gasteiger partial charge in [-0.3, -0.25) is 19.4 Å². The number of carbonyl (C=O) groups excluding carboxylic acids is 3. The lowest BCUT2D eigenvalue weighted by molar-refractivity contribution is -0.119. The number of piperazine rings is 1. The SMILES string of the molecule is CC(=O)CCC(C(C)=O)c1ccc(CN2CCN(CCOc3ccc(Nc4ncc5cc(C(=O)N(C)C)n(C6CCCC6)c5n4)cc3)CC2)cc1. The summed E-state index contributed by atoms with van der Waals surface area (Å²) in [7, 11) is 3.57. The van der Waals surface area contributed by atoms with E-state index in [-0.39, 0.29) is 29.4 Å². The number of carbonyl (C=O) groups is 3. The number of nitrogens with one attached hydrogen (secondary N) is 1. The molecule has 0 bridgehead atoms. The van der Waals surface area contributed by atoms with Crippen molar-refractivity contribution in [3.63, 3.8) is 0 Å². The number of anilines is 2. The Balaban J connectivity index is 0.957. The first-order chi connectivity index (χ1) is 24.6. The quantitative estimate of drug-likeness (QED) is 0.155. The average Bonchev–Trinajstić information content (AvgIpc) is 3.78. The van der Waals surface area contributed by atoms with Crippen LogP contribution in [0.2, 0.25) is 0 Å². The zero-order chi connectivity index (χ0) is 35.9. The fourth-order valence-corrected chi connectivity index (χ4v) is 7.29. The molecule has 0 radical (unpaired) electrons. The van der Waals surface area contributed by atoms with Crippen LogP contribution in [0.5, 0.6) is 5.75 Å². The molecule has 1 aliphatic carbocycles. The van der Waals surface area contributed by atoms with E-state index in [0.29, 0.717) is 31.1 Å². The van der Waals surface area contributed by atoms with Crippen LogP contribution in [0.1, 0.15) is 85.9 Å². The van der Waals surface area contributed by atoms with Crippen molar-refractivity contribution in [3.8, 4) is 5.75 Å². The molecule has 6 rings (SSSR count). The molecule has 2 aromatic carbocycles. The van der Waals surface area contributed by atoms with Crippen LogP contribution in [0, 0.1) is 0 Å². The van der Waals surface area contributed by atoms with E-state index >= 15 is 0 Å². The van der Waals surface area contributed by atoms with Crippen molar-refractivity contribution < 1.29 is 19.1 Å². The van der Waals surface area contributed by atoms with E-state index < -0.39 is 0 Å². The van der Waals surface area contributed by atoms with E-state index in [1.54, 1.807) is 39.0 Å². The van der Waals surface area contributed by atoms with E-state index in [2.05, 4.69) is 36.8 Å². The maximum Gasteiger partial charge on any atom is 0.270 e.